The molecule has 3 atom stereocenters. The van der Waals surface area contributed by atoms with Crippen LogP contribution in [0.5, 0.6) is 5.75 Å². The summed E-state index contributed by atoms with van der Waals surface area (Å²) in [5.74, 6) is -1.26. The Bertz CT molecular complexity index is 1490. The van der Waals surface area contributed by atoms with Gasteiger partial charge >= 0.3 is 6.03 Å². The first-order valence-electron chi connectivity index (χ1n) is 13.1. The molecule has 1 aliphatic rings. The number of halogens is 1. The van der Waals surface area contributed by atoms with Gasteiger partial charge in [-0.2, -0.15) is 4.31 Å². The van der Waals surface area contributed by atoms with Crippen LogP contribution in [0, 0.1) is 11.7 Å². The van der Waals surface area contributed by atoms with E-state index < -0.39 is 45.8 Å². The molecule has 41 heavy (non-hydrogen) atoms. The van der Waals surface area contributed by atoms with E-state index in [2.05, 4.69) is 10.6 Å². The maximum atomic E-state index is 13.6. The number of aliphatic hydroxyl groups excluding tert-OH is 1. The van der Waals surface area contributed by atoms with Gasteiger partial charge in [-0.3, -0.25) is 4.79 Å². The Balaban J connectivity index is 1.68. The van der Waals surface area contributed by atoms with Crippen LogP contribution in [0.15, 0.2) is 77.7 Å². The van der Waals surface area contributed by atoms with Crippen LogP contribution in [-0.2, 0) is 10.0 Å². The number of rotatable bonds is 8. The number of hydrogen-bond acceptors (Lipinski definition) is 6. The number of fused-ring (bicyclic) bond motifs is 1. The molecular weight excluding hydrogens is 551 g/mol. The van der Waals surface area contributed by atoms with Gasteiger partial charge in [-0.15, -0.1) is 0 Å². The van der Waals surface area contributed by atoms with E-state index in [0.29, 0.717) is 5.69 Å². The van der Waals surface area contributed by atoms with Crippen LogP contribution < -0.4 is 15.4 Å². The highest BCUT2D eigenvalue weighted by atomic mass is 32.2. The number of carbonyl (C=O) groups is 2. The number of likely N-dealkylation sites (N-methyl/N-ethyl adjacent to an activating group) is 1. The van der Waals surface area contributed by atoms with Crippen LogP contribution in [0.1, 0.15) is 24.2 Å². The third-order valence-corrected chi connectivity index (χ3v) is 8.77. The van der Waals surface area contributed by atoms with E-state index >= 15 is 0 Å². The van der Waals surface area contributed by atoms with Crippen molar-refractivity contribution in [1.29, 1.82) is 0 Å². The second-order valence-corrected chi connectivity index (χ2v) is 12.0. The fourth-order valence-corrected chi connectivity index (χ4v) is 5.69. The zero-order valence-corrected chi connectivity index (χ0v) is 23.8. The van der Waals surface area contributed by atoms with Crippen molar-refractivity contribution in [3.05, 3.63) is 84.2 Å². The molecule has 3 amide bonds. The van der Waals surface area contributed by atoms with Crippen LogP contribution in [-0.4, -0.2) is 73.6 Å². The Morgan fingerprint density at radius 2 is 1.78 bits per heavy atom. The van der Waals surface area contributed by atoms with Gasteiger partial charge in [-0.1, -0.05) is 31.2 Å². The highest BCUT2D eigenvalue weighted by Gasteiger charge is 2.36. The van der Waals surface area contributed by atoms with E-state index in [1.54, 1.807) is 49.4 Å². The van der Waals surface area contributed by atoms with Gasteiger partial charge in [0.25, 0.3) is 5.91 Å². The standard InChI is InChI=1S/C29H33FN4O6S/c1-19-16-34(20(2)18-35)28(36)24-10-7-11-25(32-29(37)31-22-8-5-4-6-9-22)27(24)40-26(19)17-33(3)41(38,39)23-14-12-21(30)13-15-23/h4-15,19-20,26,35H,16-18H2,1-3H3,(H2,31,32,37)/t19-,20-,26-/m0/s1. The molecule has 0 radical (unpaired) electrons. The minimum atomic E-state index is -4.00. The van der Waals surface area contributed by atoms with E-state index in [0.717, 1.165) is 16.4 Å². The van der Waals surface area contributed by atoms with Gasteiger partial charge in [0.1, 0.15) is 11.9 Å². The van der Waals surface area contributed by atoms with Crippen molar-refractivity contribution >= 4 is 33.3 Å². The third kappa shape index (κ3) is 6.84. The molecule has 1 heterocycles. The van der Waals surface area contributed by atoms with Crippen molar-refractivity contribution in [3.8, 4) is 5.75 Å². The number of urea groups is 1. The van der Waals surface area contributed by atoms with Crippen LogP contribution in [0.25, 0.3) is 0 Å². The summed E-state index contributed by atoms with van der Waals surface area (Å²) in [4.78, 5) is 27.9. The minimum Gasteiger partial charge on any atom is -0.486 e. The Kier molecular flexibility index (Phi) is 9.26. The first kappa shape index (κ1) is 30.0. The van der Waals surface area contributed by atoms with Crippen molar-refractivity contribution in [2.75, 3.05) is 37.4 Å². The summed E-state index contributed by atoms with van der Waals surface area (Å²) >= 11 is 0. The fraction of sp³-hybridized carbons (Fsp3) is 0.310. The maximum Gasteiger partial charge on any atom is 0.323 e. The number of benzene rings is 3. The zero-order valence-electron chi connectivity index (χ0n) is 23.0. The Hall–Kier alpha value is -4.00. The maximum absolute atomic E-state index is 13.6. The highest BCUT2D eigenvalue weighted by Crippen LogP contribution is 2.35. The molecule has 0 aliphatic carbocycles. The average Bonchev–Trinajstić information content (AvgIpc) is 2.95. The van der Waals surface area contributed by atoms with Gasteiger partial charge < -0.3 is 25.4 Å². The molecule has 0 saturated carbocycles. The van der Waals surface area contributed by atoms with Gasteiger partial charge in [-0.25, -0.2) is 17.6 Å². The first-order chi connectivity index (χ1) is 19.5. The number of para-hydroxylation sites is 2. The lowest BCUT2D eigenvalue weighted by Crippen LogP contribution is -2.50. The van der Waals surface area contributed by atoms with Gasteiger partial charge in [-0.05, 0) is 55.5 Å². The predicted octanol–water partition coefficient (Wildman–Crippen LogP) is 4.01. The molecule has 0 spiro atoms. The molecule has 0 bridgehead atoms. The smallest absolute Gasteiger partial charge is 0.323 e. The molecule has 0 saturated heterocycles. The largest absolute Gasteiger partial charge is 0.486 e. The second-order valence-electron chi connectivity index (χ2n) is 9.99. The molecule has 3 aromatic carbocycles. The van der Waals surface area contributed by atoms with Gasteiger partial charge in [0.05, 0.1) is 35.3 Å². The van der Waals surface area contributed by atoms with E-state index in [9.17, 15) is 27.5 Å². The minimum absolute atomic E-state index is 0.0778. The van der Waals surface area contributed by atoms with Crippen molar-refractivity contribution < 1.29 is 32.2 Å². The molecule has 1 aliphatic heterocycles. The number of nitrogens with zero attached hydrogens (tertiary/aromatic N) is 2. The lowest BCUT2D eigenvalue weighted by atomic mass is 9.99. The summed E-state index contributed by atoms with van der Waals surface area (Å²) in [6.45, 7) is 3.32. The molecule has 4 rings (SSSR count). The Morgan fingerprint density at radius 3 is 2.44 bits per heavy atom. The van der Waals surface area contributed by atoms with Crippen LogP contribution in [0.3, 0.4) is 0 Å². The lowest BCUT2D eigenvalue weighted by Gasteiger charge is -2.38. The van der Waals surface area contributed by atoms with E-state index in [1.165, 1.54) is 24.1 Å². The monoisotopic (exact) mass is 584 g/mol. The molecule has 12 heteroatoms. The van der Waals surface area contributed by atoms with Gasteiger partial charge in [0, 0.05) is 25.2 Å². The Labute approximate surface area is 238 Å². The SMILES string of the molecule is C[C@H]1CN([C@@H](C)CO)C(=O)c2cccc(NC(=O)Nc3ccccc3)c2O[C@H]1CN(C)S(=O)(=O)c1ccc(F)cc1. The number of anilines is 2. The quantitative estimate of drug-likeness (QED) is 0.367. The number of ether oxygens (including phenoxy) is 1. The van der Waals surface area contributed by atoms with Crippen LogP contribution in [0.4, 0.5) is 20.6 Å². The number of aliphatic hydroxyl groups is 1. The highest BCUT2D eigenvalue weighted by molar-refractivity contribution is 7.89. The summed E-state index contributed by atoms with van der Waals surface area (Å²) in [7, 11) is -2.61. The number of amides is 3. The van der Waals surface area contributed by atoms with Crippen LogP contribution in [0.2, 0.25) is 0 Å². The summed E-state index contributed by atoms with van der Waals surface area (Å²) < 4.78 is 47.4. The number of carbonyl (C=O) groups excluding carboxylic acids is 2. The topological polar surface area (TPSA) is 128 Å². The molecule has 3 aromatic rings. The summed E-state index contributed by atoms with van der Waals surface area (Å²) in [5, 5.41) is 15.3. The van der Waals surface area contributed by atoms with Crippen LogP contribution >= 0.6 is 0 Å². The normalized spacial score (nSPS) is 18.1. The number of nitrogens with one attached hydrogen (secondary N) is 2. The summed E-state index contributed by atoms with van der Waals surface area (Å²) in [6, 6.07) is 17.0. The molecule has 0 aromatic heterocycles. The summed E-state index contributed by atoms with van der Waals surface area (Å²) in [5.41, 5.74) is 0.927. The zero-order chi connectivity index (χ0) is 29.7. The molecule has 0 fully saturated rings. The lowest BCUT2D eigenvalue weighted by molar-refractivity contribution is 0.0389. The van der Waals surface area contributed by atoms with Crippen molar-refractivity contribution in [2.24, 2.45) is 5.92 Å². The third-order valence-electron chi connectivity index (χ3n) is 6.93. The summed E-state index contributed by atoms with van der Waals surface area (Å²) in [6.07, 6.45) is -0.768. The van der Waals surface area contributed by atoms with E-state index in [1.807, 2.05) is 13.0 Å². The number of sulfonamides is 1. The molecule has 0 unspecified atom stereocenters. The van der Waals surface area contributed by atoms with Gasteiger partial charge in [0.2, 0.25) is 10.0 Å². The van der Waals surface area contributed by atoms with Crippen molar-refractivity contribution in [1.82, 2.24) is 9.21 Å². The van der Waals surface area contributed by atoms with Crippen molar-refractivity contribution in [2.45, 2.75) is 30.9 Å². The Morgan fingerprint density at radius 1 is 1.10 bits per heavy atom. The van der Waals surface area contributed by atoms with Gasteiger partial charge in [0.15, 0.2) is 5.75 Å². The predicted molar refractivity (Wildman–Crippen MR) is 153 cm³/mol. The average molecular weight is 585 g/mol. The van der Waals surface area contributed by atoms with E-state index in [-0.39, 0.29) is 41.6 Å². The number of hydrogen-bond donors (Lipinski definition) is 3. The molecule has 10 nitrogen and oxygen atoms in total. The molecule has 3 N–H and O–H groups in total. The van der Waals surface area contributed by atoms with Crippen molar-refractivity contribution in [3.63, 3.8) is 0 Å². The second kappa shape index (κ2) is 12.7. The molecule has 218 valence electrons. The molecular formula is C29H33FN4O6S. The fourth-order valence-electron chi connectivity index (χ4n) is 4.50. The van der Waals surface area contributed by atoms with E-state index in [4.69, 9.17) is 4.74 Å². The first-order valence-corrected chi connectivity index (χ1v) is 14.5.